The van der Waals surface area contributed by atoms with Gasteiger partial charge in [-0.05, 0) is 19.8 Å². The summed E-state index contributed by atoms with van der Waals surface area (Å²) < 4.78 is 0. The molecule has 0 atom stereocenters. The minimum atomic E-state index is 0. The molecule has 0 radical (unpaired) electrons. The molecule has 1 aromatic heterocycles. The van der Waals surface area contributed by atoms with E-state index < -0.39 is 0 Å². The predicted molar refractivity (Wildman–Crippen MR) is 121 cm³/mol. The van der Waals surface area contributed by atoms with Gasteiger partial charge in [0, 0.05) is 54.8 Å². The van der Waals surface area contributed by atoms with Crippen LogP contribution in [-0.2, 0) is 6.54 Å². The SMILES string of the molecule is CN=C(NCc1ncc(C)s1)NCC1(N2CCSCC2)CCCC1.I. The molecule has 2 fully saturated rings. The van der Waals surface area contributed by atoms with Gasteiger partial charge in [0.1, 0.15) is 5.01 Å². The third-order valence-corrected chi connectivity index (χ3v) is 6.96. The van der Waals surface area contributed by atoms with E-state index in [0.29, 0.717) is 5.54 Å². The normalized spacial score (nSPS) is 21.0. The molecule has 1 aromatic rings. The molecule has 2 heterocycles. The number of aliphatic imine (C=N–C) groups is 1. The fraction of sp³-hybridized carbons (Fsp3) is 0.765. The Labute approximate surface area is 176 Å². The maximum absolute atomic E-state index is 4.41. The minimum absolute atomic E-state index is 0. The predicted octanol–water partition coefficient (Wildman–Crippen LogP) is 3.10. The third kappa shape index (κ3) is 5.71. The van der Waals surface area contributed by atoms with E-state index in [9.17, 15) is 0 Å². The van der Waals surface area contributed by atoms with Crippen LogP contribution in [0.4, 0.5) is 0 Å². The highest BCUT2D eigenvalue weighted by atomic mass is 127. The molecule has 8 heteroatoms. The van der Waals surface area contributed by atoms with Crippen molar-refractivity contribution in [2.45, 2.75) is 44.7 Å². The first kappa shape index (κ1) is 21.2. The van der Waals surface area contributed by atoms with Crippen LogP contribution in [0.25, 0.3) is 0 Å². The molecule has 5 nitrogen and oxygen atoms in total. The molecule has 1 aliphatic heterocycles. The number of aryl methyl sites for hydroxylation is 1. The number of thioether (sulfide) groups is 1. The Bertz CT molecular complexity index is 551. The van der Waals surface area contributed by atoms with Crippen molar-refractivity contribution in [3.8, 4) is 0 Å². The lowest BCUT2D eigenvalue weighted by Crippen LogP contribution is -2.57. The molecule has 0 spiro atoms. The van der Waals surface area contributed by atoms with Gasteiger partial charge in [-0.25, -0.2) is 4.98 Å². The Morgan fingerprint density at radius 2 is 2.00 bits per heavy atom. The zero-order valence-corrected chi connectivity index (χ0v) is 19.2. The van der Waals surface area contributed by atoms with Crippen LogP contribution >= 0.6 is 47.1 Å². The van der Waals surface area contributed by atoms with Gasteiger partial charge in [0.25, 0.3) is 0 Å². The number of nitrogens with zero attached hydrogens (tertiary/aromatic N) is 3. The summed E-state index contributed by atoms with van der Waals surface area (Å²) in [5.41, 5.74) is 0.330. The van der Waals surface area contributed by atoms with Crippen molar-refractivity contribution in [2.75, 3.05) is 38.2 Å². The molecule has 0 unspecified atom stereocenters. The highest BCUT2D eigenvalue weighted by Crippen LogP contribution is 2.36. The second-order valence-electron chi connectivity index (χ2n) is 6.67. The molecule has 1 saturated heterocycles. The van der Waals surface area contributed by atoms with E-state index in [-0.39, 0.29) is 24.0 Å². The summed E-state index contributed by atoms with van der Waals surface area (Å²) in [4.78, 5) is 12.8. The fourth-order valence-corrected chi connectivity index (χ4v) is 5.42. The van der Waals surface area contributed by atoms with E-state index in [1.807, 2.05) is 13.2 Å². The molecule has 0 bridgehead atoms. The molecular formula is C17H30IN5S2. The summed E-state index contributed by atoms with van der Waals surface area (Å²) in [6, 6.07) is 0. The smallest absolute Gasteiger partial charge is 0.191 e. The summed E-state index contributed by atoms with van der Waals surface area (Å²) >= 11 is 3.83. The van der Waals surface area contributed by atoms with Crippen molar-refractivity contribution in [2.24, 2.45) is 4.99 Å². The van der Waals surface area contributed by atoms with Gasteiger partial charge in [0.15, 0.2) is 5.96 Å². The highest BCUT2D eigenvalue weighted by molar-refractivity contribution is 14.0. The Balaban J connectivity index is 0.00000225. The lowest BCUT2D eigenvalue weighted by Gasteiger charge is -2.43. The van der Waals surface area contributed by atoms with Gasteiger partial charge >= 0.3 is 0 Å². The van der Waals surface area contributed by atoms with Gasteiger partial charge in [0.05, 0.1) is 6.54 Å². The molecule has 1 saturated carbocycles. The first-order valence-corrected chi connectivity index (χ1v) is 10.9. The second kappa shape index (κ2) is 10.3. The standard InChI is InChI=1S/C17H29N5S2.HI/c1-14-11-19-15(24-14)12-20-16(18-2)21-13-17(5-3-4-6-17)22-7-9-23-10-8-22;/h11H,3-10,12-13H2,1-2H3,(H2,18,20,21);1H. The molecule has 1 aliphatic carbocycles. The van der Waals surface area contributed by atoms with Crippen LogP contribution < -0.4 is 10.6 Å². The number of halogens is 1. The Morgan fingerprint density at radius 1 is 1.28 bits per heavy atom. The number of thiazole rings is 1. The average Bonchev–Trinajstić information content (AvgIpc) is 3.26. The summed E-state index contributed by atoms with van der Waals surface area (Å²) in [6.07, 6.45) is 7.27. The quantitative estimate of drug-likeness (QED) is 0.374. The maximum Gasteiger partial charge on any atom is 0.191 e. The Hall–Kier alpha value is -0.0600. The summed E-state index contributed by atoms with van der Waals surface area (Å²) in [6.45, 7) is 6.29. The first-order valence-electron chi connectivity index (χ1n) is 8.90. The number of guanidine groups is 1. The molecule has 2 aliphatic rings. The largest absolute Gasteiger partial charge is 0.355 e. The zero-order valence-electron chi connectivity index (χ0n) is 15.2. The number of aromatic nitrogens is 1. The van der Waals surface area contributed by atoms with Gasteiger partial charge in [-0.3, -0.25) is 9.89 Å². The number of rotatable bonds is 5. The van der Waals surface area contributed by atoms with Crippen LogP contribution in [0.5, 0.6) is 0 Å². The Kier molecular flexibility index (Phi) is 8.77. The molecule has 0 aromatic carbocycles. The van der Waals surface area contributed by atoms with Crippen molar-refractivity contribution < 1.29 is 0 Å². The van der Waals surface area contributed by atoms with Crippen molar-refractivity contribution in [1.82, 2.24) is 20.5 Å². The lowest BCUT2D eigenvalue weighted by molar-refractivity contribution is 0.107. The highest BCUT2D eigenvalue weighted by Gasteiger charge is 2.39. The van der Waals surface area contributed by atoms with Crippen molar-refractivity contribution >= 4 is 53.0 Å². The van der Waals surface area contributed by atoms with Crippen LogP contribution in [-0.4, -0.2) is 59.6 Å². The molecule has 25 heavy (non-hydrogen) atoms. The minimum Gasteiger partial charge on any atom is -0.355 e. The topological polar surface area (TPSA) is 52.6 Å². The maximum atomic E-state index is 4.41. The van der Waals surface area contributed by atoms with Crippen LogP contribution in [0.3, 0.4) is 0 Å². The number of hydrogen-bond acceptors (Lipinski definition) is 5. The summed E-state index contributed by atoms with van der Waals surface area (Å²) in [5.74, 6) is 3.44. The van der Waals surface area contributed by atoms with Crippen LogP contribution in [0, 0.1) is 6.92 Å². The second-order valence-corrected chi connectivity index (χ2v) is 9.22. The van der Waals surface area contributed by atoms with Crippen LogP contribution in [0.1, 0.15) is 35.6 Å². The van der Waals surface area contributed by atoms with Gasteiger partial charge in [-0.15, -0.1) is 35.3 Å². The van der Waals surface area contributed by atoms with E-state index in [2.05, 4.69) is 44.2 Å². The van der Waals surface area contributed by atoms with E-state index >= 15 is 0 Å². The first-order chi connectivity index (χ1) is 11.7. The molecular weight excluding hydrogens is 465 g/mol. The van der Waals surface area contributed by atoms with Crippen LogP contribution in [0.15, 0.2) is 11.2 Å². The van der Waals surface area contributed by atoms with E-state index in [1.165, 1.54) is 55.2 Å². The zero-order chi connectivity index (χ0) is 16.8. The monoisotopic (exact) mass is 495 g/mol. The lowest BCUT2D eigenvalue weighted by atomic mass is 9.94. The van der Waals surface area contributed by atoms with Crippen molar-refractivity contribution in [1.29, 1.82) is 0 Å². The van der Waals surface area contributed by atoms with E-state index in [0.717, 1.165) is 24.1 Å². The van der Waals surface area contributed by atoms with Gasteiger partial charge in [-0.2, -0.15) is 11.8 Å². The molecule has 2 N–H and O–H groups in total. The van der Waals surface area contributed by atoms with E-state index in [4.69, 9.17) is 0 Å². The van der Waals surface area contributed by atoms with E-state index in [1.54, 1.807) is 11.3 Å². The van der Waals surface area contributed by atoms with Crippen LogP contribution in [0.2, 0.25) is 0 Å². The number of hydrogen-bond donors (Lipinski definition) is 2. The molecule has 142 valence electrons. The summed E-state index contributed by atoms with van der Waals surface area (Å²) in [7, 11) is 1.85. The van der Waals surface area contributed by atoms with Gasteiger partial charge in [0.2, 0.25) is 0 Å². The Morgan fingerprint density at radius 3 is 2.60 bits per heavy atom. The molecule has 3 rings (SSSR count). The van der Waals surface area contributed by atoms with Crippen molar-refractivity contribution in [3.05, 3.63) is 16.1 Å². The third-order valence-electron chi connectivity index (χ3n) is 5.10. The van der Waals surface area contributed by atoms with Gasteiger partial charge in [-0.1, -0.05) is 12.8 Å². The molecule has 0 amide bonds. The van der Waals surface area contributed by atoms with Gasteiger partial charge < -0.3 is 10.6 Å². The summed E-state index contributed by atoms with van der Waals surface area (Å²) in [5, 5.41) is 8.11. The van der Waals surface area contributed by atoms with Crippen molar-refractivity contribution in [3.63, 3.8) is 0 Å². The fourth-order valence-electron chi connectivity index (χ4n) is 3.79. The average molecular weight is 496 g/mol. The number of nitrogens with one attached hydrogen (secondary N) is 2.